The summed E-state index contributed by atoms with van der Waals surface area (Å²) in [6.07, 6.45) is 0. The topological polar surface area (TPSA) is 29.5 Å². The van der Waals surface area contributed by atoms with E-state index in [-0.39, 0.29) is 10.8 Å². The molecule has 0 bridgehead atoms. The number of halogens is 2. The molecule has 1 aromatic carbocycles. The van der Waals surface area contributed by atoms with Gasteiger partial charge in [-0.3, -0.25) is 0 Å². The fraction of sp³-hybridized carbons (Fsp3) is 0.250. The maximum absolute atomic E-state index is 13.0. The van der Waals surface area contributed by atoms with E-state index in [0.717, 1.165) is 0 Å². The SMILES string of the molecule is CCOc1ccc(Cl)c(O)c1F. The maximum atomic E-state index is 13.0. The Morgan fingerprint density at radius 2 is 2.25 bits per heavy atom. The molecule has 1 N–H and O–H groups in total. The number of benzene rings is 1. The number of aromatic hydroxyl groups is 1. The monoisotopic (exact) mass is 190 g/mol. The molecule has 1 aromatic rings. The fourth-order valence-electron chi connectivity index (χ4n) is 0.789. The summed E-state index contributed by atoms with van der Waals surface area (Å²) >= 11 is 5.44. The molecule has 0 aromatic heterocycles. The van der Waals surface area contributed by atoms with Crippen LogP contribution in [0.2, 0.25) is 5.02 Å². The van der Waals surface area contributed by atoms with Gasteiger partial charge in [0, 0.05) is 0 Å². The molecule has 12 heavy (non-hydrogen) atoms. The smallest absolute Gasteiger partial charge is 0.208 e. The summed E-state index contributed by atoms with van der Waals surface area (Å²) in [5.41, 5.74) is 0. The Bertz CT molecular complexity index is 289. The van der Waals surface area contributed by atoms with Crippen molar-refractivity contribution in [3.63, 3.8) is 0 Å². The van der Waals surface area contributed by atoms with Crippen LogP contribution in [-0.2, 0) is 0 Å². The first kappa shape index (κ1) is 9.13. The number of hydrogen-bond donors (Lipinski definition) is 1. The highest BCUT2D eigenvalue weighted by molar-refractivity contribution is 6.32. The van der Waals surface area contributed by atoms with E-state index in [1.807, 2.05) is 0 Å². The molecule has 0 atom stereocenters. The van der Waals surface area contributed by atoms with E-state index in [1.165, 1.54) is 12.1 Å². The number of phenols is 1. The van der Waals surface area contributed by atoms with Gasteiger partial charge in [0.05, 0.1) is 11.6 Å². The molecule has 66 valence electrons. The Balaban J connectivity index is 3.08. The van der Waals surface area contributed by atoms with Gasteiger partial charge >= 0.3 is 0 Å². The van der Waals surface area contributed by atoms with Crippen molar-refractivity contribution in [1.29, 1.82) is 0 Å². The molecule has 0 spiro atoms. The van der Waals surface area contributed by atoms with E-state index in [4.69, 9.17) is 21.4 Å². The Kier molecular flexibility index (Phi) is 2.76. The normalized spacial score (nSPS) is 9.92. The van der Waals surface area contributed by atoms with Gasteiger partial charge in [0.25, 0.3) is 0 Å². The standard InChI is InChI=1S/C8H8ClFO2/c1-2-12-6-4-3-5(9)8(11)7(6)10/h3-4,11H,2H2,1H3. The predicted octanol–water partition coefficient (Wildman–Crippen LogP) is 2.58. The van der Waals surface area contributed by atoms with Gasteiger partial charge in [0.15, 0.2) is 11.5 Å². The van der Waals surface area contributed by atoms with Crippen molar-refractivity contribution < 1.29 is 14.2 Å². The molecule has 0 heterocycles. The van der Waals surface area contributed by atoms with Crippen LogP contribution >= 0.6 is 11.6 Å². The van der Waals surface area contributed by atoms with E-state index in [2.05, 4.69) is 0 Å². The van der Waals surface area contributed by atoms with Crippen molar-refractivity contribution in [1.82, 2.24) is 0 Å². The summed E-state index contributed by atoms with van der Waals surface area (Å²) < 4.78 is 17.9. The van der Waals surface area contributed by atoms with Gasteiger partial charge < -0.3 is 9.84 Å². The lowest BCUT2D eigenvalue weighted by Crippen LogP contribution is -1.94. The quantitative estimate of drug-likeness (QED) is 0.777. The van der Waals surface area contributed by atoms with Crippen LogP contribution in [0.15, 0.2) is 12.1 Å². The maximum Gasteiger partial charge on any atom is 0.208 e. The van der Waals surface area contributed by atoms with Gasteiger partial charge in [-0.2, -0.15) is 4.39 Å². The first-order valence-electron chi connectivity index (χ1n) is 3.46. The van der Waals surface area contributed by atoms with E-state index < -0.39 is 11.6 Å². The van der Waals surface area contributed by atoms with Gasteiger partial charge in [-0.05, 0) is 19.1 Å². The molecule has 0 aliphatic carbocycles. The van der Waals surface area contributed by atoms with Crippen molar-refractivity contribution in [2.45, 2.75) is 6.92 Å². The highest BCUT2D eigenvalue weighted by Gasteiger charge is 2.11. The van der Waals surface area contributed by atoms with E-state index in [0.29, 0.717) is 6.61 Å². The summed E-state index contributed by atoms with van der Waals surface area (Å²) in [5, 5.41) is 9.01. The van der Waals surface area contributed by atoms with Crippen molar-refractivity contribution in [2.24, 2.45) is 0 Å². The van der Waals surface area contributed by atoms with E-state index >= 15 is 0 Å². The molecule has 0 fully saturated rings. The minimum Gasteiger partial charge on any atom is -0.504 e. The molecule has 0 saturated heterocycles. The zero-order valence-corrected chi connectivity index (χ0v) is 7.23. The van der Waals surface area contributed by atoms with Crippen molar-refractivity contribution in [3.8, 4) is 11.5 Å². The second-order valence-corrected chi connectivity index (χ2v) is 2.55. The summed E-state index contributed by atoms with van der Waals surface area (Å²) in [5.74, 6) is -1.37. The van der Waals surface area contributed by atoms with Crippen molar-refractivity contribution >= 4 is 11.6 Å². The van der Waals surface area contributed by atoms with Crippen molar-refractivity contribution in [3.05, 3.63) is 23.0 Å². The molecular weight excluding hydrogens is 183 g/mol. The Morgan fingerprint density at radius 1 is 1.58 bits per heavy atom. The van der Waals surface area contributed by atoms with Crippen LogP contribution in [0.5, 0.6) is 11.5 Å². The highest BCUT2D eigenvalue weighted by Crippen LogP contribution is 2.32. The largest absolute Gasteiger partial charge is 0.504 e. The zero-order chi connectivity index (χ0) is 9.14. The lowest BCUT2D eigenvalue weighted by molar-refractivity contribution is 0.313. The zero-order valence-electron chi connectivity index (χ0n) is 6.47. The van der Waals surface area contributed by atoms with E-state index in [1.54, 1.807) is 6.92 Å². The van der Waals surface area contributed by atoms with Crippen LogP contribution in [-0.4, -0.2) is 11.7 Å². The van der Waals surface area contributed by atoms with Crippen LogP contribution in [0, 0.1) is 5.82 Å². The molecule has 2 nitrogen and oxygen atoms in total. The Hall–Kier alpha value is -0.960. The molecule has 0 amide bonds. The Morgan fingerprint density at radius 3 is 2.83 bits per heavy atom. The van der Waals surface area contributed by atoms with Gasteiger partial charge in [0.1, 0.15) is 0 Å². The summed E-state index contributed by atoms with van der Waals surface area (Å²) in [4.78, 5) is 0. The highest BCUT2D eigenvalue weighted by atomic mass is 35.5. The summed E-state index contributed by atoms with van der Waals surface area (Å²) in [6.45, 7) is 2.07. The molecule has 0 saturated carbocycles. The molecule has 0 radical (unpaired) electrons. The van der Waals surface area contributed by atoms with Crippen LogP contribution in [0.1, 0.15) is 6.92 Å². The first-order chi connectivity index (χ1) is 5.66. The van der Waals surface area contributed by atoms with Gasteiger partial charge in [-0.1, -0.05) is 11.6 Å². The molecule has 1 rings (SSSR count). The summed E-state index contributed by atoms with van der Waals surface area (Å²) in [6, 6.07) is 2.76. The average molecular weight is 191 g/mol. The number of phenolic OH excluding ortho intramolecular Hbond substituents is 1. The third-order valence-electron chi connectivity index (χ3n) is 1.33. The van der Waals surface area contributed by atoms with Gasteiger partial charge in [-0.15, -0.1) is 0 Å². The minimum atomic E-state index is -0.815. The second kappa shape index (κ2) is 3.63. The lowest BCUT2D eigenvalue weighted by Gasteiger charge is -2.05. The lowest BCUT2D eigenvalue weighted by atomic mass is 10.3. The molecule has 0 unspecified atom stereocenters. The third kappa shape index (κ3) is 1.61. The van der Waals surface area contributed by atoms with Crippen LogP contribution in [0.3, 0.4) is 0 Å². The van der Waals surface area contributed by atoms with Crippen LogP contribution in [0.4, 0.5) is 4.39 Å². The van der Waals surface area contributed by atoms with Crippen LogP contribution in [0.25, 0.3) is 0 Å². The van der Waals surface area contributed by atoms with E-state index in [9.17, 15) is 4.39 Å². The number of rotatable bonds is 2. The number of hydrogen-bond acceptors (Lipinski definition) is 2. The van der Waals surface area contributed by atoms with Gasteiger partial charge in [-0.25, -0.2) is 0 Å². The minimum absolute atomic E-state index is 0.0133. The second-order valence-electron chi connectivity index (χ2n) is 2.14. The fourth-order valence-corrected chi connectivity index (χ4v) is 0.935. The Labute approximate surface area is 74.5 Å². The predicted molar refractivity (Wildman–Crippen MR) is 44.2 cm³/mol. The number of ether oxygens (including phenoxy) is 1. The third-order valence-corrected chi connectivity index (χ3v) is 1.64. The summed E-state index contributed by atoms with van der Waals surface area (Å²) in [7, 11) is 0. The van der Waals surface area contributed by atoms with Gasteiger partial charge in [0.2, 0.25) is 5.82 Å². The van der Waals surface area contributed by atoms with Crippen LogP contribution < -0.4 is 4.74 Å². The molecular formula is C8H8ClFO2. The van der Waals surface area contributed by atoms with Crippen molar-refractivity contribution in [2.75, 3.05) is 6.61 Å². The molecule has 0 aliphatic heterocycles. The first-order valence-corrected chi connectivity index (χ1v) is 3.84. The molecule has 4 heteroatoms. The average Bonchev–Trinajstić information content (AvgIpc) is 2.07. The molecule has 0 aliphatic rings.